The van der Waals surface area contributed by atoms with Crippen molar-refractivity contribution in [1.82, 2.24) is 9.80 Å². The summed E-state index contributed by atoms with van der Waals surface area (Å²) in [5, 5.41) is 1.94. The van der Waals surface area contributed by atoms with Gasteiger partial charge < -0.3 is 4.90 Å². The number of carbonyl (C=O) groups is 3. The highest BCUT2D eigenvalue weighted by Crippen LogP contribution is 2.54. The zero-order chi connectivity index (χ0) is 22.2. The summed E-state index contributed by atoms with van der Waals surface area (Å²) >= 11 is 1.50. The largest absolute Gasteiger partial charge is 0.328 e. The number of amides is 3. The maximum Gasteiger partial charge on any atom is 0.328 e. The maximum absolute atomic E-state index is 13.9. The number of imide groups is 1. The molecular formula is C26H22N2O3S. The van der Waals surface area contributed by atoms with E-state index in [2.05, 4.69) is 6.58 Å². The molecule has 2 aliphatic rings. The Labute approximate surface area is 190 Å². The molecule has 2 saturated heterocycles. The van der Waals surface area contributed by atoms with Gasteiger partial charge in [0.15, 0.2) is 5.78 Å². The highest BCUT2D eigenvalue weighted by atomic mass is 32.1. The quantitative estimate of drug-likeness (QED) is 0.310. The Kier molecular flexibility index (Phi) is 5.23. The predicted octanol–water partition coefficient (Wildman–Crippen LogP) is 4.90. The lowest BCUT2D eigenvalue weighted by molar-refractivity contribution is -0.128. The van der Waals surface area contributed by atoms with Gasteiger partial charge in [0, 0.05) is 22.9 Å². The second-order valence-electron chi connectivity index (χ2n) is 8.02. The summed E-state index contributed by atoms with van der Waals surface area (Å²) in [6.07, 6.45) is 1.56. The second kappa shape index (κ2) is 8.20. The fraction of sp³-hybridized carbons (Fsp3) is 0.192. The van der Waals surface area contributed by atoms with Crippen molar-refractivity contribution >= 4 is 29.1 Å². The monoisotopic (exact) mass is 442 g/mol. The minimum Gasteiger partial charge on any atom is -0.303 e. The predicted molar refractivity (Wildman–Crippen MR) is 123 cm³/mol. The molecule has 4 atom stereocenters. The minimum atomic E-state index is -0.727. The molecule has 3 amide bonds. The fourth-order valence-electron chi connectivity index (χ4n) is 5.05. The third-order valence-electron chi connectivity index (χ3n) is 6.33. The number of carbonyl (C=O) groups excluding carboxylic acids is 3. The van der Waals surface area contributed by atoms with Crippen LogP contribution in [0.4, 0.5) is 4.79 Å². The zero-order valence-electron chi connectivity index (χ0n) is 17.3. The molecule has 5 rings (SSSR count). The topological polar surface area (TPSA) is 57.7 Å². The summed E-state index contributed by atoms with van der Waals surface area (Å²) < 4.78 is 0. The highest BCUT2D eigenvalue weighted by Gasteiger charge is 2.63. The third-order valence-corrected chi connectivity index (χ3v) is 7.27. The molecule has 0 saturated carbocycles. The van der Waals surface area contributed by atoms with Gasteiger partial charge in [0.1, 0.15) is 6.04 Å². The number of fused-ring (bicyclic) bond motifs is 1. The lowest BCUT2D eigenvalue weighted by Crippen LogP contribution is -2.38. The average Bonchev–Trinajstić information content (AvgIpc) is 3.53. The summed E-state index contributed by atoms with van der Waals surface area (Å²) in [7, 11) is 0. The molecule has 5 nitrogen and oxygen atoms in total. The van der Waals surface area contributed by atoms with Crippen molar-refractivity contribution in [1.29, 1.82) is 0 Å². The van der Waals surface area contributed by atoms with Crippen molar-refractivity contribution in [3.63, 3.8) is 0 Å². The molecular weight excluding hydrogens is 420 g/mol. The molecule has 2 aliphatic heterocycles. The van der Waals surface area contributed by atoms with Crippen LogP contribution in [0.1, 0.15) is 32.8 Å². The number of thiophene rings is 1. The third kappa shape index (κ3) is 3.10. The van der Waals surface area contributed by atoms with Crippen LogP contribution in [0.25, 0.3) is 0 Å². The van der Waals surface area contributed by atoms with Gasteiger partial charge in [-0.2, -0.15) is 0 Å². The van der Waals surface area contributed by atoms with Crippen LogP contribution in [0, 0.1) is 5.92 Å². The van der Waals surface area contributed by atoms with Gasteiger partial charge in [-0.15, -0.1) is 17.9 Å². The Bertz CT molecular complexity index is 1160. The zero-order valence-corrected chi connectivity index (χ0v) is 18.2. The van der Waals surface area contributed by atoms with Crippen LogP contribution >= 0.6 is 11.3 Å². The molecule has 0 aliphatic carbocycles. The van der Waals surface area contributed by atoms with E-state index in [4.69, 9.17) is 0 Å². The van der Waals surface area contributed by atoms with Crippen molar-refractivity contribution in [2.24, 2.45) is 5.92 Å². The molecule has 3 aromatic rings. The number of hydrogen-bond donors (Lipinski definition) is 0. The Balaban J connectivity index is 1.71. The van der Waals surface area contributed by atoms with E-state index in [1.807, 2.05) is 66.0 Å². The van der Waals surface area contributed by atoms with E-state index in [0.717, 1.165) is 10.4 Å². The van der Waals surface area contributed by atoms with Gasteiger partial charge >= 0.3 is 6.03 Å². The first-order chi connectivity index (χ1) is 15.6. The number of hydrogen-bond acceptors (Lipinski definition) is 4. The number of benzene rings is 2. The molecule has 160 valence electrons. The van der Waals surface area contributed by atoms with E-state index in [-0.39, 0.29) is 24.3 Å². The first-order valence-corrected chi connectivity index (χ1v) is 11.4. The lowest BCUT2D eigenvalue weighted by atomic mass is 9.77. The van der Waals surface area contributed by atoms with Crippen LogP contribution in [0.3, 0.4) is 0 Å². The molecule has 2 fully saturated rings. The Morgan fingerprint density at radius 1 is 0.938 bits per heavy atom. The summed E-state index contributed by atoms with van der Waals surface area (Å²) in [6, 6.07) is 21.0. The van der Waals surface area contributed by atoms with Gasteiger partial charge in [0.2, 0.25) is 0 Å². The van der Waals surface area contributed by atoms with Gasteiger partial charge in [-0.3, -0.25) is 14.5 Å². The summed E-state index contributed by atoms with van der Waals surface area (Å²) in [4.78, 5) is 44.7. The van der Waals surface area contributed by atoms with Gasteiger partial charge in [0.05, 0.1) is 12.0 Å². The van der Waals surface area contributed by atoms with Gasteiger partial charge in [0.25, 0.3) is 5.91 Å². The molecule has 6 heteroatoms. The molecule has 3 heterocycles. The molecule has 1 aromatic heterocycles. The standard InChI is InChI=1S/C26H22N2O3S/c1-2-15-27-25(30)23-20(17-10-5-3-6-11-17)21(24(29)18-12-7-4-8-13-18)22(28(23)26(27)31)19-14-9-16-32-19/h2-14,16,20-23H,1,15H2. The van der Waals surface area contributed by atoms with Gasteiger partial charge in [-0.05, 0) is 17.0 Å². The van der Waals surface area contributed by atoms with E-state index >= 15 is 0 Å². The average molecular weight is 443 g/mol. The maximum atomic E-state index is 13.9. The summed E-state index contributed by atoms with van der Waals surface area (Å²) in [5.74, 6) is -1.33. The molecule has 0 radical (unpaired) electrons. The number of nitrogens with zero attached hydrogens (tertiary/aromatic N) is 2. The number of urea groups is 1. The fourth-order valence-corrected chi connectivity index (χ4v) is 5.92. The van der Waals surface area contributed by atoms with E-state index in [1.165, 1.54) is 16.2 Å². The van der Waals surface area contributed by atoms with Crippen LogP contribution in [-0.4, -0.2) is 40.1 Å². The Hall–Kier alpha value is -3.51. The molecule has 4 unspecified atom stereocenters. The molecule has 0 bridgehead atoms. The van der Waals surface area contributed by atoms with Crippen LogP contribution in [0.5, 0.6) is 0 Å². The Morgan fingerprint density at radius 2 is 1.62 bits per heavy atom. The summed E-state index contributed by atoms with van der Waals surface area (Å²) in [5.41, 5.74) is 1.47. The lowest BCUT2D eigenvalue weighted by Gasteiger charge is -2.27. The smallest absolute Gasteiger partial charge is 0.303 e. The second-order valence-corrected chi connectivity index (χ2v) is 9.00. The molecule has 0 N–H and O–H groups in total. The highest BCUT2D eigenvalue weighted by molar-refractivity contribution is 7.10. The number of rotatable bonds is 6. The van der Waals surface area contributed by atoms with Crippen LogP contribution in [0.15, 0.2) is 90.8 Å². The van der Waals surface area contributed by atoms with E-state index in [1.54, 1.807) is 23.1 Å². The summed E-state index contributed by atoms with van der Waals surface area (Å²) in [6.45, 7) is 3.85. The van der Waals surface area contributed by atoms with Crippen molar-refractivity contribution in [2.45, 2.75) is 18.0 Å². The number of Topliss-reactive ketones (excluding diaryl/α,β-unsaturated/α-hetero) is 1. The van der Waals surface area contributed by atoms with Gasteiger partial charge in [-0.25, -0.2) is 4.79 Å². The molecule has 32 heavy (non-hydrogen) atoms. The van der Waals surface area contributed by atoms with Crippen molar-refractivity contribution in [3.05, 3.63) is 107 Å². The van der Waals surface area contributed by atoms with Crippen molar-refractivity contribution < 1.29 is 14.4 Å². The first kappa shape index (κ1) is 20.4. The van der Waals surface area contributed by atoms with Crippen LogP contribution in [0.2, 0.25) is 0 Å². The van der Waals surface area contributed by atoms with Gasteiger partial charge in [-0.1, -0.05) is 72.8 Å². The number of ketones is 1. The Morgan fingerprint density at radius 3 is 2.25 bits per heavy atom. The van der Waals surface area contributed by atoms with E-state index < -0.39 is 23.9 Å². The minimum absolute atomic E-state index is 0.0527. The van der Waals surface area contributed by atoms with Crippen molar-refractivity contribution in [3.8, 4) is 0 Å². The normalized spacial score (nSPS) is 24.6. The first-order valence-electron chi connectivity index (χ1n) is 10.6. The van der Waals surface area contributed by atoms with Crippen molar-refractivity contribution in [2.75, 3.05) is 6.54 Å². The van der Waals surface area contributed by atoms with Crippen LogP contribution in [-0.2, 0) is 4.79 Å². The molecule has 2 aromatic carbocycles. The van der Waals surface area contributed by atoms with E-state index in [9.17, 15) is 14.4 Å². The SMILES string of the molecule is C=CCN1C(=O)C2C(c3ccccc3)C(C(=O)c3ccccc3)C(c3cccs3)N2C1=O. The van der Waals surface area contributed by atoms with E-state index in [0.29, 0.717) is 5.56 Å². The van der Waals surface area contributed by atoms with Crippen LogP contribution < -0.4 is 0 Å². The molecule has 0 spiro atoms.